The molecule has 4 rings (SSSR count). The number of sulfonamides is 1. The highest BCUT2D eigenvalue weighted by atomic mass is 32.2. The molecule has 0 aliphatic carbocycles. The number of methoxy groups -OCH3 is 1. The molecule has 4 amide bonds. The molecule has 2 atom stereocenters. The molecule has 12 nitrogen and oxygen atoms in total. The summed E-state index contributed by atoms with van der Waals surface area (Å²) in [6, 6.07) is 21.1. The highest BCUT2D eigenvalue weighted by Gasteiger charge is 2.37. The van der Waals surface area contributed by atoms with Crippen LogP contribution in [0, 0.1) is 0 Å². The number of rotatable bonds is 12. The number of carbonyl (C=O) groups excluding carboxylic acids is 4. The summed E-state index contributed by atoms with van der Waals surface area (Å²) in [4.78, 5) is 52.6. The number of anilines is 2. The smallest absolute Gasteiger partial charge is 0.325 e. The summed E-state index contributed by atoms with van der Waals surface area (Å²) < 4.78 is 32.8. The zero-order chi connectivity index (χ0) is 30.1. The number of benzene rings is 3. The third kappa shape index (κ3) is 7.71. The highest BCUT2D eigenvalue weighted by Crippen LogP contribution is 2.26. The third-order valence-electron chi connectivity index (χ3n) is 6.65. The maximum Gasteiger partial charge on any atom is 0.325 e. The van der Waals surface area contributed by atoms with E-state index in [4.69, 9.17) is 4.74 Å². The quantitative estimate of drug-likeness (QED) is 0.215. The van der Waals surface area contributed by atoms with Crippen LogP contribution in [0.25, 0.3) is 0 Å². The molecular formula is C29H31N5O7S. The van der Waals surface area contributed by atoms with Gasteiger partial charge in [0.15, 0.2) is 0 Å². The van der Waals surface area contributed by atoms with Gasteiger partial charge in [-0.15, -0.1) is 0 Å². The predicted molar refractivity (Wildman–Crippen MR) is 155 cm³/mol. The first-order valence-corrected chi connectivity index (χ1v) is 14.5. The lowest BCUT2D eigenvalue weighted by molar-refractivity contribution is -0.143. The lowest BCUT2D eigenvalue weighted by Gasteiger charge is -2.28. The van der Waals surface area contributed by atoms with Gasteiger partial charge in [0.1, 0.15) is 6.04 Å². The van der Waals surface area contributed by atoms with Gasteiger partial charge in [0, 0.05) is 37.4 Å². The number of hydrogen-bond acceptors (Lipinski definition) is 7. The number of urea groups is 1. The monoisotopic (exact) mass is 593 g/mol. The van der Waals surface area contributed by atoms with Crippen molar-refractivity contribution in [3.8, 4) is 0 Å². The molecule has 1 aliphatic heterocycles. The molecule has 13 heteroatoms. The van der Waals surface area contributed by atoms with Crippen LogP contribution in [0.3, 0.4) is 0 Å². The van der Waals surface area contributed by atoms with Crippen molar-refractivity contribution in [1.29, 1.82) is 0 Å². The van der Waals surface area contributed by atoms with Crippen molar-refractivity contribution < 1.29 is 32.3 Å². The lowest BCUT2D eigenvalue weighted by Crippen LogP contribution is -2.51. The van der Waals surface area contributed by atoms with Gasteiger partial charge in [-0.1, -0.05) is 54.6 Å². The summed E-state index contributed by atoms with van der Waals surface area (Å²) in [5.74, 6) is -1.16. The van der Waals surface area contributed by atoms with E-state index in [0.717, 1.165) is 12.7 Å². The van der Waals surface area contributed by atoms with Gasteiger partial charge >= 0.3 is 12.0 Å². The minimum Gasteiger partial charge on any atom is -0.468 e. The summed E-state index contributed by atoms with van der Waals surface area (Å²) in [6.07, 6.45) is 0.427. The standard InChI is InChI=1S/C29H31N5O7S/c1-41-28(37)26(32-42(39,40)25-13-6-3-7-14-25)19-33(20-35)24-16-27(36)34(18-24)23-12-8-11-22(15-23)31-29(38)30-17-21-9-4-2-5-10-21/h2-15,20,24,26,32H,16-19H2,1H3,(H2,30,31,38). The minimum atomic E-state index is -4.10. The van der Waals surface area contributed by atoms with Crippen molar-refractivity contribution in [2.45, 2.75) is 29.9 Å². The molecule has 1 aliphatic rings. The Labute approximate surface area is 243 Å². The molecule has 3 aromatic rings. The van der Waals surface area contributed by atoms with E-state index < -0.39 is 34.1 Å². The van der Waals surface area contributed by atoms with Gasteiger partial charge in [0.25, 0.3) is 0 Å². The van der Waals surface area contributed by atoms with E-state index in [-0.39, 0.29) is 30.3 Å². The van der Waals surface area contributed by atoms with Crippen LogP contribution in [0.5, 0.6) is 0 Å². The van der Waals surface area contributed by atoms with Crippen molar-refractivity contribution in [3.63, 3.8) is 0 Å². The third-order valence-corrected chi connectivity index (χ3v) is 8.14. The van der Waals surface area contributed by atoms with Crippen molar-refractivity contribution in [3.05, 3.63) is 90.5 Å². The Kier molecular flexibility index (Phi) is 9.89. The van der Waals surface area contributed by atoms with Crippen LogP contribution in [0.2, 0.25) is 0 Å². The van der Waals surface area contributed by atoms with Gasteiger partial charge in [-0.05, 0) is 35.9 Å². The molecular weight excluding hydrogens is 562 g/mol. The van der Waals surface area contributed by atoms with Crippen molar-refractivity contribution in [1.82, 2.24) is 14.9 Å². The molecule has 1 saturated heterocycles. The first-order valence-electron chi connectivity index (χ1n) is 13.1. The topological polar surface area (TPSA) is 154 Å². The van der Waals surface area contributed by atoms with Crippen molar-refractivity contribution in [2.75, 3.05) is 30.4 Å². The number of amides is 4. The van der Waals surface area contributed by atoms with Gasteiger partial charge < -0.3 is 25.2 Å². The average molecular weight is 594 g/mol. The van der Waals surface area contributed by atoms with E-state index >= 15 is 0 Å². The fraction of sp³-hybridized carbons (Fsp3) is 0.241. The molecule has 0 aromatic heterocycles. The van der Waals surface area contributed by atoms with E-state index in [0.29, 0.717) is 24.3 Å². The zero-order valence-electron chi connectivity index (χ0n) is 22.8. The Morgan fingerprint density at radius 2 is 1.74 bits per heavy atom. The Morgan fingerprint density at radius 3 is 2.40 bits per heavy atom. The van der Waals surface area contributed by atoms with Gasteiger partial charge in [-0.2, -0.15) is 4.72 Å². The molecule has 1 heterocycles. The Bertz CT molecular complexity index is 1520. The zero-order valence-corrected chi connectivity index (χ0v) is 23.6. The fourth-order valence-corrected chi connectivity index (χ4v) is 5.71. The van der Waals surface area contributed by atoms with Crippen LogP contribution >= 0.6 is 0 Å². The maximum absolute atomic E-state index is 13.0. The summed E-state index contributed by atoms with van der Waals surface area (Å²) in [5.41, 5.74) is 1.91. The second-order valence-electron chi connectivity index (χ2n) is 9.52. The number of nitrogens with zero attached hydrogens (tertiary/aromatic N) is 2. The predicted octanol–water partition coefficient (Wildman–Crippen LogP) is 2.09. The molecule has 3 N–H and O–H groups in total. The molecule has 0 saturated carbocycles. The second kappa shape index (κ2) is 13.7. The van der Waals surface area contributed by atoms with Crippen molar-refractivity contribution >= 4 is 45.7 Å². The first-order chi connectivity index (χ1) is 20.2. The average Bonchev–Trinajstić information content (AvgIpc) is 3.40. The van der Waals surface area contributed by atoms with E-state index in [1.165, 1.54) is 21.9 Å². The van der Waals surface area contributed by atoms with Gasteiger partial charge in [-0.3, -0.25) is 14.4 Å². The number of carbonyl (C=O) groups is 4. The number of esters is 1. The van der Waals surface area contributed by atoms with E-state index in [9.17, 15) is 27.6 Å². The SMILES string of the molecule is COC(=O)C(CN(C=O)C1CC(=O)N(c2cccc(NC(=O)NCc3ccccc3)c2)C1)NS(=O)(=O)c1ccccc1. The summed E-state index contributed by atoms with van der Waals surface area (Å²) in [5, 5.41) is 5.52. The Hall–Kier alpha value is -4.75. The van der Waals surface area contributed by atoms with Crippen LogP contribution in [-0.4, -0.2) is 69.9 Å². The first kappa shape index (κ1) is 30.2. The molecule has 2 unspecified atom stereocenters. The van der Waals surface area contributed by atoms with E-state index in [1.54, 1.807) is 42.5 Å². The molecule has 3 aromatic carbocycles. The highest BCUT2D eigenvalue weighted by molar-refractivity contribution is 7.89. The largest absolute Gasteiger partial charge is 0.468 e. The van der Waals surface area contributed by atoms with Crippen LogP contribution in [0.1, 0.15) is 12.0 Å². The van der Waals surface area contributed by atoms with Crippen LogP contribution < -0.4 is 20.3 Å². The lowest BCUT2D eigenvalue weighted by atomic mass is 10.2. The molecule has 0 spiro atoms. The minimum absolute atomic E-state index is 0.0483. The summed E-state index contributed by atoms with van der Waals surface area (Å²) in [7, 11) is -2.99. The maximum atomic E-state index is 13.0. The number of nitrogens with one attached hydrogen (secondary N) is 3. The number of hydrogen-bond donors (Lipinski definition) is 3. The van der Waals surface area contributed by atoms with Crippen LogP contribution in [0.15, 0.2) is 89.8 Å². The second-order valence-corrected chi connectivity index (χ2v) is 11.2. The number of ether oxygens (including phenoxy) is 1. The van der Waals surface area contributed by atoms with E-state index in [2.05, 4.69) is 15.4 Å². The molecule has 0 bridgehead atoms. The molecule has 42 heavy (non-hydrogen) atoms. The molecule has 1 fully saturated rings. The van der Waals surface area contributed by atoms with Gasteiger partial charge in [0.2, 0.25) is 22.3 Å². The van der Waals surface area contributed by atoms with Crippen LogP contribution in [-0.2, 0) is 35.7 Å². The Morgan fingerprint density at radius 1 is 1.05 bits per heavy atom. The Balaban J connectivity index is 1.41. The molecule has 220 valence electrons. The fourth-order valence-electron chi connectivity index (χ4n) is 4.51. The summed E-state index contributed by atoms with van der Waals surface area (Å²) >= 11 is 0. The van der Waals surface area contributed by atoms with Crippen molar-refractivity contribution in [2.24, 2.45) is 0 Å². The van der Waals surface area contributed by atoms with Gasteiger partial charge in [-0.25, -0.2) is 13.2 Å². The van der Waals surface area contributed by atoms with Crippen LogP contribution in [0.4, 0.5) is 16.2 Å². The van der Waals surface area contributed by atoms with Gasteiger partial charge in [0.05, 0.1) is 18.0 Å². The summed E-state index contributed by atoms with van der Waals surface area (Å²) in [6.45, 7) is 0.0893. The van der Waals surface area contributed by atoms with E-state index in [1.807, 2.05) is 30.3 Å². The molecule has 0 radical (unpaired) electrons. The normalized spacial score (nSPS) is 15.5.